The number of carbonyl (C=O) groups excluding carboxylic acids is 4. The summed E-state index contributed by atoms with van der Waals surface area (Å²) in [6.07, 6.45) is 69.6. The van der Waals surface area contributed by atoms with Crippen molar-refractivity contribution in [3.05, 3.63) is 0 Å². The first-order valence-corrected chi connectivity index (χ1v) is 47.5. The van der Waals surface area contributed by atoms with Gasteiger partial charge < -0.3 is 33.8 Å². The Labute approximate surface area is 645 Å². The highest BCUT2D eigenvalue weighted by Gasteiger charge is 2.30. The van der Waals surface area contributed by atoms with Crippen molar-refractivity contribution < 1.29 is 80.2 Å². The van der Waals surface area contributed by atoms with Crippen molar-refractivity contribution in [1.29, 1.82) is 0 Å². The summed E-state index contributed by atoms with van der Waals surface area (Å²) in [6.45, 7) is 9.71. The van der Waals surface area contributed by atoms with Crippen LogP contribution in [0.2, 0.25) is 0 Å². The molecule has 0 rings (SSSR count). The van der Waals surface area contributed by atoms with Gasteiger partial charge in [-0.2, -0.15) is 0 Å². The van der Waals surface area contributed by atoms with Gasteiger partial charge >= 0.3 is 39.5 Å². The number of hydrogen-bond donors (Lipinski definition) is 3. The van der Waals surface area contributed by atoms with Crippen LogP contribution >= 0.6 is 15.6 Å². The second-order valence-corrected chi connectivity index (χ2v) is 34.6. The molecule has 0 spiro atoms. The Morgan fingerprint density at radius 2 is 0.486 bits per heavy atom. The molecular formula is C86H168O17P2. The number of unbranched alkanes of at least 4 members (excludes halogenated alkanes) is 54. The first kappa shape index (κ1) is 103. The highest BCUT2D eigenvalue weighted by molar-refractivity contribution is 7.47. The Hall–Kier alpha value is -1.94. The van der Waals surface area contributed by atoms with Gasteiger partial charge in [-0.15, -0.1) is 0 Å². The van der Waals surface area contributed by atoms with E-state index >= 15 is 0 Å². The van der Waals surface area contributed by atoms with E-state index in [9.17, 15) is 43.2 Å². The van der Waals surface area contributed by atoms with Crippen LogP contribution in [0.1, 0.15) is 459 Å². The number of aliphatic hydroxyl groups is 1. The van der Waals surface area contributed by atoms with Crippen molar-refractivity contribution in [2.45, 2.75) is 477 Å². The minimum Gasteiger partial charge on any atom is -0.462 e. The summed E-state index contributed by atoms with van der Waals surface area (Å²) in [6, 6.07) is 0. The summed E-state index contributed by atoms with van der Waals surface area (Å²) in [4.78, 5) is 73.1. The third kappa shape index (κ3) is 78.5. The molecule has 6 atom stereocenters. The molecule has 0 aromatic carbocycles. The molecule has 17 nitrogen and oxygen atoms in total. The van der Waals surface area contributed by atoms with Crippen LogP contribution in [0.15, 0.2) is 0 Å². The summed E-state index contributed by atoms with van der Waals surface area (Å²) in [5, 5.41) is 10.7. The highest BCUT2D eigenvalue weighted by Crippen LogP contribution is 2.45. The first-order valence-electron chi connectivity index (χ1n) is 44.5. The van der Waals surface area contributed by atoms with Crippen LogP contribution in [0.25, 0.3) is 0 Å². The quantitative estimate of drug-likeness (QED) is 0.0222. The van der Waals surface area contributed by atoms with Crippen molar-refractivity contribution in [3.63, 3.8) is 0 Å². The molecule has 0 saturated heterocycles. The minimum absolute atomic E-state index is 0.107. The third-order valence-electron chi connectivity index (χ3n) is 20.6. The predicted octanol–water partition coefficient (Wildman–Crippen LogP) is 26.2. The van der Waals surface area contributed by atoms with Crippen molar-refractivity contribution >= 4 is 39.5 Å². The van der Waals surface area contributed by atoms with E-state index < -0.39 is 97.5 Å². The number of carbonyl (C=O) groups is 4. The maximum Gasteiger partial charge on any atom is 0.472 e. The molecule has 0 bridgehead atoms. The van der Waals surface area contributed by atoms with Crippen molar-refractivity contribution in [3.8, 4) is 0 Å². The molecule has 0 aromatic rings. The van der Waals surface area contributed by atoms with Gasteiger partial charge in [-0.3, -0.25) is 37.3 Å². The Kier molecular flexibility index (Phi) is 76.0. The second kappa shape index (κ2) is 77.4. The predicted molar refractivity (Wildman–Crippen MR) is 432 cm³/mol. The van der Waals surface area contributed by atoms with E-state index in [2.05, 4.69) is 41.5 Å². The number of rotatable bonds is 85. The largest absolute Gasteiger partial charge is 0.472 e. The van der Waals surface area contributed by atoms with Crippen LogP contribution in [-0.4, -0.2) is 96.7 Å². The van der Waals surface area contributed by atoms with Gasteiger partial charge in [0, 0.05) is 25.7 Å². The topological polar surface area (TPSA) is 237 Å². The highest BCUT2D eigenvalue weighted by atomic mass is 31.2. The molecule has 0 amide bonds. The maximum atomic E-state index is 13.1. The van der Waals surface area contributed by atoms with Crippen LogP contribution in [0.3, 0.4) is 0 Å². The zero-order chi connectivity index (χ0) is 77.1. The number of ether oxygens (including phenoxy) is 4. The fraction of sp³-hybridized carbons (Fsp3) is 0.953. The molecule has 19 heteroatoms. The molecule has 0 heterocycles. The lowest BCUT2D eigenvalue weighted by Gasteiger charge is -2.21. The van der Waals surface area contributed by atoms with Gasteiger partial charge in [-0.05, 0) is 37.5 Å². The molecule has 624 valence electrons. The van der Waals surface area contributed by atoms with Gasteiger partial charge in [0.25, 0.3) is 0 Å². The monoisotopic (exact) mass is 1540 g/mol. The lowest BCUT2D eigenvalue weighted by molar-refractivity contribution is -0.161. The van der Waals surface area contributed by atoms with Gasteiger partial charge in [-0.25, -0.2) is 9.13 Å². The van der Waals surface area contributed by atoms with Gasteiger partial charge in [0.15, 0.2) is 12.2 Å². The van der Waals surface area contributed by atoms with Crippen LogP contribution < -0.4 is 0 Å². The van der Waals surface area contributed by atoms with Crippen molar-refractivity contribution in [1.82, 2.24) is 0 Å². The lowest BCUT2D eigenvalue weighted by Crippen LogP contribution is -2.30. The van der Waals surface area contributed by atoms with Gasteiger partial charge in [0.05, 0.1) is 26.4 Å². The van der Waals surface area contributed by atoms with E-state index in [0.717, 1.165) is 115 Å². The van der Waals surface area contributed by atoms with E-state index in [-0.39, 0.29) is 25.7 Å². The molecule has 0 saturated carbocycles. The third-order valence-corrected chi connectivity index (χ3v) is 22.5. The summed E-state index contributed by atoms with van der Waals surface area (Å²) in [5.74, 6) is -0.441. The van der Waals surface area contributed by atoms with Crippen LogP contribution in [0, 0.1) is 11.8 Å². The van der Waals surface area contributed by atoms with Crippen molar-refractivity contribution in [2.75, 3.05) is 39.6 Å². The summed E-state index contributed by atoms with van der Waals surface area (Å²) < 4.78 is 68.8. The van der Waals surface area contributed by atoms with Crippen LogP contribution in [-0.2, 0) is 65.4 Å². The number of aliphatic hydroxyl groups excluding tert-OH is 1. The molecule has 0 aliphatic rings. The molecule has 0 fully saturated rings. The van der Waals surface area contributed by atoms with E-state index in [1.165, 1.54) is 263 Å². The average molecular weight is 1540 g/mol. The number of esters is 4. The lowest BCUT2D eigenvalue weighted by atomic mass is 9.99. The smallest absolute Gasteiger partial charge is 0.462 e. The first-order chi connectivity index (χ1) is 50.9. The normalized spacial score (nSPS) is 14.1. The van der Waals surface area contributed by atoms with E-state index in [1.54, 1.807) is 0 Å². The molecule has 0 aromatic heterocycles. The minimum atomic E-state index is -4.96. The van der Waals surface area contributed by atoms with Crippen LogP contribution in [0.4, 0.5) is 0 Å². The summed E-state index contributed by atoms with van der Waals surface area (Å²) in [5.41, 5.74) is 0. The number of phosphoric ester groups is 2. The Morgan fingerprint density at radius 1 is 0.276 bits per heavy atom. The molecule has 0 aliphatic heterocycles. The van der Waals surface area contributed by atoms with Gasteiger partial charge in [0.1, 0.15) is 19.3 Å². The molecule has 3 N–H and O–H groups in total. The molecule has 0 aliphatic carbocycles. The Balaban J connectivity index is 5.16. The van der Waals surface area contributed by atoms with Crippen LogP contribution in [0.5, 0.6) is 0 Å². The molecule has 3 unspecified atom stereocenters. The summed E-state index contributed by atoms with van der Waals surface area (Å²) >= 11 is 0. The molecular weight excluding hydrogens is 1370 g/mol. The fourth-order valence-corrected chi connectivity index (χ4v) is 15.0. The Morgan fingerprint density at radius 3 is 0.724 bits per heavy atom. The molecule has 105 heavy (non-hydrogen) atoms. The van der Waals surface area contributed by atoms with E-state index in [1.807, 2.05) is 0 Å². The van der Waals surface area contributed by atoms with Crippen molar-refractivity contribution in [2.24, 2.45) is 11.8 Å². The molecule has 0 radical (unpaired) electrons. The maximum absolute atomic E-state index is 13.1. The second-order valence-electron chi connectivity index (χ2n) is 31.6. The Bertz CT molecular complexity index is 2010. The zero-order valence-electron chi connectivity index (χ0n) is 69.0. The number of hydrogen-bond acceptors (Lipinski definition) is 15. The van der Waals surface area contributed by atoms with E-state index in [0.29, 0.717) is 25.7 Å². The fourth-order valence-electron chi connectivity index (χ4n) is 13.4. The standard InChI is InChI=1S/C86H168O17P2/c1-7-10-12-14-16-17-18-19-20-21-22-26-29-35-40-45-51-57-63-69-84(89)97-75-82(103-86(91)71-64-58-52-46-41-36-30-27-24-23-25-28-34-39-44-50-55-61-67-79(6)9-3)77-101-105(94,95)99-73-80(87)72-98-104(92,93)100-76-81(74-96-83(88)68-62-56-48-15-13-11-8-2)102-85(90)70-65-59-53-47-42-37-32-31-33-38-43-49-54-60-66-78(4)5/h78-82,87H,7-77H2,1-6H3,(H,92,93)(H,94,95)/t79?,80-,81+,82+/m0/s1. The van der Waals surface area contributed by atoms with E-state index in [4.69, 9.17) is 37.0 Å². The SMILES string of the molecule is CCCCCCCCCCCCCCCCCCCCCC(=O)OC[C@H](COP(=O)(O)OC[C@@H](O)COP(=O)(O)OC[C@@H](COC(=O)CCCCCCCCC)OC(=O)CCCCCCCCCCCCCCCCC(C)C)OC(=O)CCCCCCCCCCCCCCCCCCCCC(C)CC. The van der Waals surface area contributed by atoms with Gasteiger partial charge in [-0.1, -0.05) is 408 Å². The van der Waals surface area contributed by atoms with Gasteiger partial charge in [0.2, 0.25) is 0 Å². The summed E-state index contributed by atoms with van der Waals surface area (Å²) in [7, 11) is -9.92. The number of phosphoric acid groups is 2. The average Bonchev–Trinajstić information content (AvgIpc) is 0.914. The zero-order valence-corrected chi connectivity index (χ0v) is 70.8.